The molecule has 146 valence electrons. The van der Waals surface area contributed by atoms with Crippen LogP contribution in [-0.2, 0) is 26.1 Å². The Labute approximate surface area is 149 Å². The number of carbonyl (C=O) groups is 3. The summed E-state index contributed by atoms with van der Waals surface area (Å²) in [7, 11) is 1.46. The van der Waals surface area contributed by atoms with Gasteiger partial charge in [-0.15, -0.1) is 0 Å². The van der Waals surface area contributed by atoms with Crippen LogP contribution >= 0.6 is 0 Å². The molecule has 1 rings (SSSR count). The van der Waals surface area contributed by atoms with Gasteiger partial charge >= 0.3 is 11.9 Å². The van der Waals surface area contributed by atoms with Gasteiger partial charge in [-0.25, -0.2) is 4.79 Å². The average Bonchev–Trinajstić information content (AvgIpc) is 2.92. The van der Waals surface area contributed by atoms with E-state index in [4.69, 9.17) is 5.73 Å². The van der Waals surface area contributed by atoms with Gasteiger partial charge in [-0.05, 0) is 5.92 Å². The third kappa shape index (κ3) is 6.33. The fraction of sp³-hybridized carbons (Fsp3) is 0.600. The maximum absolute atomic E-state index is 11.8. The number of hydrogen-bond donors (Lipinski definition) is 4. The van der Waals surface area contributed by atoms with Crippen molar-refractivity contribution in [2.75, 3.05) is 13.3 Å². The molecule has 0 saturated heterocycles. The fourth-order valence-corrected chi connectivity index (χ4v) is 1.75. The number of aromatic nitrogens is 2. The van der Waals surface area contributed by atoms with Crippen molar-refractivity contribution in [3.63, 3.8) is 0 Å². The van der Waals surface area contributed by atoms with E-state index in [-0.39, 0.29) is 30.1 Å². The number of aromatic amines is 1. The van der Waals surface area contributed by atoms with Crippen molar-refractivity contribution in [3.05, 3.63) is 22.1 Å². The zero-order valence-corrected chi connectivity index (χ0v) is 14.9. The third-order valence-electron chi connectivity index (χ3n) is 3.50. The van der Waals surface area contributed by atoms with Crippen LogP contribution in [0.2, 0.25) is 0 Å². The Balaban J connectivity index is 2.29. The Morgan fingerprint density at radius 3 is 2.46 bits per heavy atom. The molecule has 11 heteroatoms. The Kier molecular flexibility index (Phi) is 8.00. The number of nitrogens with one attached hydrogen (secondary N) is 2. The molecule has 0 spiro atoms. The summed E-state index contributed by atoms with van der Waals surface area (Å²) in [4.78, 5) is 46.0. The van der Waals surface area contributed by atoms with E-state index in [0.29, 0.717) is 0 Å². The highest BCUT2D eigenvalue weighted by atomic mass is 16.7. The first-order valence-electron chi connectivity index (χ1n) is 7.94. The van der Waals surface area contributed by atoms with Crippen LogP contribution in [0.25, 0.3) is 0 Å². The molecule has 0 aliphatic heterocycles. The van der Waals surface area contributed by atoms with E-state index in [2.05, 4.69) is 19.9 Å². The first kappa shape index (κ1) is 21.4. The number of carbonyl (C=O) groups excluding carboxylic acids is 3. The molecule has 0 aliphatic rings. The van der Waals surface area contributed by atoms with Crippen molar-refractivity contribution in [2.45, 2.75) is 32.4 Å². The van der Waals surface area contributed by atoms with E-state index in [1.165, 1.54) is 7.05 Å². The summed E-state index contributed by atoms with van der Waals surface area (Å²) in [6.07, 6.45) is -1.64. The Morgan fingerprint density at radius 2 is 1.92 bits per heavy atom. The van der Waals surface area contributed by atoms with Gasteiger partial charge < -0.3 is 25.6 Å². The Morgan fingerprint density at radius 1 is 1.31 bits per heavy atom. The number of aryl methyl sites for hydroxylation is 1. The topological polar surface area (TPSA) is 166 Å². The van der Waals surface area contributed by atoms with Gasteiger partial charge in [0.2, 0.25) is 6.79 Å². The van der Waals surface area contributed by atoms with Crippen molar-refractivity contribution in [1.82, 2.24) is 15.1 Å². The molecule has 1 unspecified atom stereocenters. The lowest BCUT2D eigenvalue weighted by Gasteiger charge is -2.15. The molecule has 0 fully saturated rings. The monoisotopic (exact) mass is 372 g/mol. The first-order valence-corrected chi connectivity index (χ1v) is 7.94. The fourth-order valence-electron chi connectivity index (χ4n) is 1.75. The number of hydrogen-bond acceptors (Lipinski definition) is 8. The molecule has 0 bridgehead atoms. The highest BCUT2D eigenvalue weighted by molar-refractivity contribution is 5.92. The normalized spacial score (nSPS) is 13.2. The van der Waals surface area contributed by atoms with E-state index >= 15 is 0 Å². The maximum Gasteiger partial charge on any atom is 0.337 e. The van der Waals surface area contributed by atoms with E-state index < -0.39 is 36.8 Å². The lowest BCUT2D eigenvalue weighted by Crippen LogP contribution is -2.38. The number of aliphatic hydroxyl groups excluding tert-OH is 1. The minimum atomic E-state index is -1.51. The lowest BCUT2D eigenvalue weighted by atomic mass is 10.1. The molecule has 1 aromatic heterocycles. The molecule has 1 heterocycles. The Hall–Kier alpha value is -2.66. The number of rotatable bonds is 9. The van der Waals surface area contributed by atoms with E-state index in [0.717, 1.165) is 10.7 Å². The quantitative estimate of drug-likeness (QED) is 0.292. The predicted octanol–water partition coefficient (Wildman–Crippen LogP) is -1.78. The van der Waals surface area contributed by atoms with Crippen LogP contribution in [0.1, 0.15) is 30.8 Å². The number of amides is 1. The molecule has 0 saturated carbocycles. The van der Waals surface area contributed by atoms with Gasteiger partial charge in [0.25, 0.3) is 11.5 Å². The molecule has 11 nitrogen and oxygen atoms in total. The van der Waals surface area contributed by atoms with Crippen molar-refractivity contribution in [1.29, 1.82) is 0 Å². The Bertz CT molecular complexity index is 694. The number of esters is 2. The summed E-state index contributed by atoms with van der Waals surface area (Å²) in [6, 6.07) is 0.286. The van der Waals surface area contributed by atoms with Gasteiger partial charge in [-0.3, -0.25) is 24.2 Å². The second-order valence-electron chi connectivity index (χ2n) is 5.94. The van der Waals surface area contributed by atoms with Crippen LogP contribution in [0.3, 0.4) is 0 Å². The summed E-state index contributed by atoms with van der Waals surface area (Å²) < 4.78 is 10.4. The molecule has 26 heavy (non-hydrogen) atoms. The minimum absolute atomic E-state index is 0.0377. The molecule has 0 aromatic carbocycles. The zero-order valence-electron chi connectivity index (χ0n) is 14.9. The second kappa shape index (κ2) is 9.73. The van der Waals surface area contributed by atoms with E-state index in [1.54, 1.807) is 13.8 Å². The summed E-state index contributed by atoms with van der Waals surface area (Å²) in [5, 5.41) is 14.6. The molecule has 0 radical (unpaired) electrons. The number of aliphatic hydroxyl groups is 1. The van der Waals surface area contributed by atoms with Crippen LogP contribution in [0.4, 0.5) is 0 Å². The van der Waals surface area contributed by atoms with Crippen molar-refractivity contribution < 1.29 is 29.0 Å². The molecule has 1 aromatic rings. The predicted molar refractivity (Wildman–Crippen MR) is 88.9 cm³/mol. The smallest absolute Gasteiger partial charge is 0.337 e. The van der Waals surface area contributed by atoms with Gasteiger partial charge in [0, 0.05) is 26.1 Å². The molecule has 0 aliphatic carbocycles. The lowest BCUT2D eigenvalue weighted by molar-refractivity contribution is -0.174. The molecule has 2 atom stereocenters. The number of H-pyrrole nitrogens is 1. The standard InChI is InChI=1S/C15H24N4O7/c1-8(2)12(16)15(24)26-7-25-14(23)10(20)4-5-17-13(22)9-6-11(21)19(3)18-9/h6,8,10,12,18,20H,4-5,7,16H2,1-3H3,(H,17,22)/t10?,12-/m0/s1. The third-order valence-corrected chi connectivity index (χ3v) is 3.50. The summed E-state index contributed by atoms with van der Waals surface area (Å²) in [5.41, 5.74) is 5.25. The van der Waals surface area contributed by atoms with Crippen LogP contribution in [0, 0.1) is 5.92 Å². The largest absolute Gasteiger partial charge is 0.427 e. The van der Waals surface area contributed by atoms with E-state index in [1.807, 2.05) is 0 Å². The average molecular weight is 372 g/mol. The number of ether oxygens (including phenoxy) is 2. The summed E-state index contributed by atoms with van der Waals surface area (Å²) in [6.45, 7) is 2.78. The first-order chi connectivity index (χ1) is 12.1. The molecular formula is C15H24N4O7. The highest BCUT2D eigenvalue weighted by Crippen LogP contribution is 2.01. The minimum Gasteiger partial charge on any atom is -0.427 e. The maximum atomic E-state index is 11.8. The summed E-state index contributed by atoms with van der Waals surface area (Å²) in [5.74, 6) is -2.41. The van der Waals surface area contributed by atoms with Crippen LogP contribution in [-0.4, -0.2) is 58.2 Å². The summed E-state index contributed by atoms with van der Waals surface area (Å²) >= 11 is 0. The van der Waals surface area contributed by atoms with Gasteiger partial charge in [-0.2, -0.15) is 0 Å². The van der Waals surface area contributed by atoms with Gasteiger partial charge in [0.05, 0.1) is 0 Å². The molecular weight excluding hydrogens is 348 g/mol. The van der Waals surface area contributed by atoms with Gasteiger partial charge in [-0.1, -0.05) is 13.8 Å². The van der Waals surface area contributed by atoms with Crippen molar-refractivity contribution in [2.24, 2.45) is 18.7 Å². The van der Waals surface area contributed by atoms with Crippen LogP contribution in [0.15, 0.2) is 10.9 Å². The number of nitrogens with zero attached hydrogens (tertiary/aromatic N) is 1. The molecule has 5 N–H and O–H groups in total. The second-order valence-corrected chi connectivity index (χ2v) is 5.94. The SMILES string of the molecule is CC(C)[C@H](N)C(=O)OCOC(=O)C(O)CCNC(=O)c1cc(=O)n(C)[nH]1. The zero-order chi connectivity index (χ0) is 19.9. The van der Waals surface area contributed by atoms with Crippen molar-refractivity contribution in [3.8, 4) is 0 Å². The van der Waals surface area contributed by atoms with Crippen LogP contribution in [0.5, 0.6) is 0 Å². The number of nitrogens with two attached hydrogens (primary N) is 1. The van der Waals surface area contributed by atoms with E-state index in [9.17, 15) is 24.3 Å². The van der Waals surface area contributed by atoms with Gasteiger partial charge in [0.1, 0.15) is 11.7 Å². The highest BCUT2D eigenvalue weighted by Gasteiger charge is 2.21. The van der Waals surface area contributed by atoms with Crippen LogP contribution < -0.4 is 16.6 Å². The molecule has 1 amide bonds. The van der Waals surface area contributed by atoms with Crippen molar-refractivity contribution >= 4 is 17.8 Å². The van der Waals surface area contributed by atoms with Gasteiger partial charge in [0.15, 0.2) is 6.10 Å².